The Kier molecular flexibility index (Phi) is 12.0. The molecule has 14 nitrogen and oxygen atoms in total. The van der Waals surface area contributed by atoms with Crippen LogP contribution in [0.2, 0.25) is 0 Å². The third-order valence-electron chi connectivity index (χ3n) is 12.8. The number of phenolic OH excluding ortho intramolecular Hbond substituents is 1. The number of aliphatic hydroxyl groups is 1. The lowest BCUT2D eigenvalue weighted by Crippen LogP contribution is -2.48. The van der Waals surface area contributed by atoms with E-state index in [1.54, 1.807) is 53.3 Å². The van der Waals surface area contributed by atoms with Crippen molar-refractivity contribution in [1.29, 1.82) is 0 Å². The van der Waals surface area contributed by atoms with Crippen molar-refractivity contribution in [3.05, 3.63) is 106 Å². The van der Waals surface area contributed by atoms with Gasteiger partial charge in [-0.3, -0.25) is 9.59 Å². The molecule has 5 aromatic heterocycles. The molecule has 0 spiro atoms. The van der Waals surface area contributed by atoms with Crippen LogP contribution in [0.5, 0.6) is 5.75 Å². The van der Waals surface area contributed by atoms with Crippen LogP contribution in [0.1, 0.15) is 92.3 Å². The van der Waals surface area contributed by atoms with Gasteiger partial charge in [-0.1, -0.05) is 55.4 Å². The zero-order valence-electron chi connectivity index (χ0n) is 36.6. The van der Waals surface area contributed by atoms with Gasteiger partial charge in [-0.05, 0) is 87.3 Å². The van der Waals surface area contributed by atoms with Crippen LogP contribution in [-0.4, -0.2) is 88.5 Å². The van der Waals surface area contributed by atoms with E-state index in [0.717, 1.165) is 51.3 Å². The number of rotatable bonds is 11. The number of β-amino-alcohol motifs (C(OH)–C–C–N with tert-alkyl or cyclic N) is 1. The molecular formula is C48H51N9O5S2. The van der Waals surface area contributed by atoms with Gasteiger partial charge in [-0.25, -0.2) is 15.0 Å². The summed E-state index contributed by atoms with van der Waals surface area (Å²) >= 11 is 3.29. The first-order valence-electron chi connectivity index (χ1n) is 21.7. The molecule has 64 heavy (non-hydrogen) atoms. The van der Waals surface area contributed by atoms with Crippen LogP contribution in [0, 0.1) is 19.8 Å². The first-order chi connectivity index (χ1) is 30.8. The number of nitrogens with one attached hydrogen (secondary N) is 1. The van der Waals surface area contributed by atoms with Crippen LogP contribution in [0.15, 0.2) is 83.1 Å². The number of aryl methyl sites for hydroxylation is 2. The fraction of sp³-hybridized carbons (Fsp3) is 0.375. The topological polar surface area (TPSA) is 184 Å². The highest BCUT2D eigenvalue weighted by atomic mass is 32.1. The fourth-order valence-electron chi connectivity index (χ4n) is 9.25. The molecule has 0 unspecified atom stereocenters. The monoisotopic (exact) mass is 897 g/mol. The van der Waals surface area contributed by atoms with E-state index in [1.165, 1.54) is 15.3 Å². The number of thiazole rings is 1. The molecule has 7 aromatic rings. The van der Waals surface area contributed by atoms with Gasteiger partial charge in [-0.15, -0.1) is 32.9 Å². The summed E-state index contributed by atoms with van der Waals surface area (Å²) in [4.78, 5) is 49.0. The van der Waals surface area contributed by atoms with Crippen molar-refractivity contribution in [2.24, 2.45) is 5.92 Å². The summed E-state index contributed by atoms with van der Waals surface area (Å²) in [5, 5.41) is 38.6. The van der Waals surface area contributed by atoms with Gasteiger partial charge in [0, 0.05) is 65.4 Å². The molecule has 0 bridgehead atoms. The molecule has 2 saturated heterocycles. The van der Waals surface area contributed by atoms with E-state index in [-0.39, 0.29) is 48.5 Å². The number of aliphatic hydroxyl groups excluding tert-OH is 1. The van der Waals surface area contributed by atoms with Gasteiger partial charge in [0.1, 0.15) is 34.0 Å². The number of aromatic nitrogens is 6. The third kappa shape index (κ3) is 8.37. The van der Waals surface area contributed by atoms with Crippen molar-refractivity contribution >= 4 is 50.7 Å². The van der Waals surface area contributed by atoms with Crippen LogP contribution >= 0.6 is 22.7 Å². The maximum Gasteiger partial charge on any atom is 0.243 e. The van der Waals surface area contributed by atoms with Gasteiger partial charge in [0.15, 0.2) is 0 Å². The fourth-order valence-corrected chi connectivity index (χ4v) is 11.3. The van der Waals surface area contributed by atoms with E-state index in [1.807, 2.05) is 75.7 Å². The zero-order valence-corrected chi connectivity index (χ0v) is 38.2. The molecule has 0 saturated carbocycles. The summed E-state index contributed by atoms with van der Waals surface area (Å²) in [5.74, 6) is -0.00669. The number of para-hydroxylation sites is 1. The summed E-state index contributed by atoms with van der Waals surface area (Å²) in [5.41, 5.74) is 8.48. The number of amides is 2. The Morgan fingerprint density at radius 2 is 1.70 bits per heavy atom. The number of anilines is 1. The van der Waals surface area contributed by atoms with Gasteiger partial charge in [0.2, 0.25) is 17.8 Å². The minimum atomic E-state index is -0.839. The number of hydrogen-bond donors (Lipinski definition) is 3. The van der Waals surface area contributed by atoms with E-state index in [0.29, 0.717) is 40.1 Å². The smallest absolute Gasteiger partial charge is 0.243 e. The van der Waals surface area contributed by atoms with Gasteiger partial charge in [0.25, 0.3) is 0 Å². The number of phenols is 1. The van der Waals surface area contributed by atoms with E-state index in [9.17, 15) is 19.8 Å². The molecule has 6 atom stereocenters. The molecule has 2 amide bonds. The predicted octanol–water partition coefficient (Wildman–Crippen LogP) is 8.60. The Morgan fingerprint density at radius 3 is 2.41 bits per heavy atom. The highest BCUT2D eigenvalue weighted by Gasteiger charge is 2.43. The number of piperidine rings is 1. The number of fused-ring (bicyclic) bond motifs is 1. The quantitative estimate of drug-likeness (QED) is 0.113. The Balaban J connectivity index is 0.844. The van der Waals surface area contributed by atoms with E-state index >= 15 is 0 Å². The van der Waals surface area contributed by atoms with Crippen LogP contribution in [0.4, 0.5) is 5.95 Å². The van der Waals surface area contributed by atoms with Crippen molar-refractivity contribution in [2.75, 3.05) is 18.0 Å². The summed E-state index contributed by atoms with van der Waals surface area (Å²) in [7, 11) is 0. The van der Waals surface area contributed by atoms with Gasteiger partial charge < -0.3 is 29.9 Å². The first-order valence-corrected chi connectivity index (χ1v) is 23.4. The first kappa shape index (κ1) is 43.2. The number of thiophene rings is 1. The standard InChI is InChI=1S/C48H51N9O5S2/c1-25(2)42(47(61)57-23-34(58)18-39(57)45(60)52-28(5)30-11-13-31(14-12-30)44-29(6)51-24-63-44)41-20-37(55-62-41)33-21-49-48(50-22-33)56-16-15-32(17-26(56)3)43-27(4)36-19-38(53-54-46(36)64-43)35-9-7-8-10-40(35)59/h7-14,19-22,24-26,28,32,34,39,42,58-59H,15-18,23H2,1-6H3,(H,52,60)/t26-,28-,32-,34+,39-,42+/m0/s1. The van der Waals surface area contributed by atoms with Crippen molar-refractivity contribution in [3.8, 4) is 38.7 Å². The molecule has 2 aromatic carbocycles. The molecule has 2 aliphatic rings. The second kappa shape index (κ2) is 17.8. The lowest BCUT2D eigenvalue weighted by Gasteiger charge is -2.37. The number of benzene rings is 2. The predicted molar refractivity (Wildman–Crippen MR) is 248 cm³/mol. The molecule has 0 radical (unpaired) electrons. The maximum absolute atomic E-state index is 14.3. The minimum absolute atomic E-state index is 0.0451. The minimum Gasteiger partial charge on any atom is -0.507 e. The zero-order chi connectivity index (χ0) is 44.8. The SMILES string of the molecule is Cc1ncsc1-c1ccc([C@H](C)NC(=O)[C@@H]2C[C@@H](O)CN2C(=O)[C@@H](c2cc(-c3cnc(N4CC[C@H](c5sc6nnc(-c7ccccc7O)cc6c5C)C[C@@H]4C)nc3)no2)C(C)C)cc1. The van der Waals surface area contributed by atoms with Crippen LogP contribution in [0.25, 0.3) is 43.2 Å². The Bertz CT molecular complexity index is 2800. The molecule has 0 aliphatic carbocycles. The highest BCUT2D eigenvalue weighted by molar-refractivity contribution is 7.19. The molecule has 7 heterocycles. The molecule has 330 valence electrons. The average molecular weight is 898 g/mol. The van der Waals surface area contributed by atoms with Crippen molar-refractivity contribution < 1.29 is 24.3 Å². The maximum atomic E-state index is 14.3. The van der Waals surface area contributed by atoms with Crippen LogP contribution in [-0.2, 0) is 9.59 Å². The summed E-state index contributed by atoms with van der Waals surface area (Å²) < 4.78 is 5.85. The number of aromatic hydroxyl groups is 1. The van der Waals surface area contributed by atoms with Crippen LogP contribution < -0.4 is 10.2 Å². The Hall–Kier alpha value is -6.10. The largest absolute Gasteiger partial charge is 0.507 e. The van der Waals surface area contributed by atoms with Crippen molar-refractivity contribution in [1.82, 2.24) is 40.5 Å². The number of carbonyl (C=O) groups is 2. The lowest BCUT2D eigenvalue weighted by atomic mass is 9.88. The van der Waals surface area contributed by atoms with Gasteiger partial charge in [-0.2, -0.15) is 0 Å². The third-order valence-corrected chi connectivity index (χ3v) is 15.1. The van der Waals surface area contributed by atoms with Crippen molar-refractivity contribution in [2.45, 2.75) is 96.9 Å². The molecule has 2 fully saturated rings. The summed E-state index contributed by atoms with van der Waals surface area (Å²) in [6.45, 7) is 12.9. The Labute approximate surface area is 379 Å². The molecule has 2 aliphatic heterocycles. The van der Waals surface area contributed by atoms with E-state index in [4.69, 9.17) is 14.5 Å². The van der Waals surface area contributed by atoms with Crippen molar-refractivity contribution in [3.63, 3.8) is 0 Å². The van der Waals surface area contributed by atoms with Gasteiger partial charge >= 0.3 is 0 Å². The van der Waals surface area contributed by atoms with Gasteiger partial charge in [0.05, 0.1) is 33.9 Å². The second-order valence-electron chi connectivity index (χ2n) is 17.4. The lowest BCUT2D eigenvalue weighted by molar-refractivity contribution is -0.141. The summed E-state index contributed by atoms with van der Waals surface area (Å²) in [6, 6.07) is 18.0. The molecule has 16 heteroatoms. The number of likely N-dealkylation sites (tertiary alicyclic amines) is 1. The van der Waals surface area contributed by atoms with E-state index in [2.05, 4.69) is 44.4 Å². The molecular weight excluding hydrogens is 847 g/mol. The number of hydrogen-bond acceptors (Lipinski definition) is 14. The van der Waals surface area contributed by atoms with Crippen LogP contribution in [0.3, 0.4) is 0 Å². The molecule has 3 N–H and O–H groups in total. The highest BCUT2D eigenvalue weighted by Crippen LogP contribution is 2.43. The number of carbonyl (C=O) groups excluding carboxylic acids is 2. The Morgan fingerprint density at radius 1 is 0.938 bits per heavy atom. The normalized spacial score (nSPS) is 19.9. The number of nitrogens with zero attached hydrogens (tertiary/aromatic N) is 8. The second-order valence-corrected chi connectivity index (χ2v) is 19.3. The average Bonchev–Trinajstić information content (AvgIpc) is 4.11. The molecule has 9 rings (SSSR count). The summed E-state index contributed by atoms with van der Waals surface area (Å²) in [6.07, 6.45) is 4.63. The van der Waals surface area contributed by atoms with E-state index < -0.39 is 18.1 Å².